The summed E-state index contributed by atoms with van der Waals surface area (Å²) in [6, 6.07) is 9.51. The third-order valence-electron chi connectivity index (χ3n) is 5.47. The molecule has 1 unspecified atom stereocenters. The molecule has 1 atom stereocenters. The van der Waals surface area contributed by atoms with Crippen molar-refractivity contribution in [2.45, 2.75) is 42.7 Å². The van der Waals surface area contributed by atoms with Crippen LogP contribution in [0.4, 0.5) is 0 Å². The molecular weight excluding hydrogens is 388 g/mol. The lowest BCUT2D eigenvalue weighted by Gasteiger charge is -2.32. The van der Waals surface area contributed by atoms with Crippen molar-refractivity contribution in [3.05, 3.63) is 54.0 Å². The van der Waals surface area contributed by atoms with Gasteiger partial charge in [-0.3, -0.25) is 9.59 Å². The van der Waals surface area contributed by atoms with Gasteiger partial charge in [0, 0.05) is 36.4 Å². The van der Waals surface area contributed by atoms with Gasteiger partial charge in [0.15, 0.2) is 0 Å². The Morgan fingerprint density at radius 3 is 2.69 bits per heavy atom. The van der Waals surface area contributed by atoms with Gasteiger partial charge in [-0.25, -0.2) is 0 Å². The number of hydrogen-bond donors (Lipinski definition) is 1. The third-order valence-corrected chi connectivity index (χ3v) is 6.67. The van der Waals surface area contributed by atoms with Crippen molar-refractivity contribution in [1.82, 2.24) is 10.2 Å². The minimum atomic E-state index is -0.0416. The lowest BCUT2D eigenvalue weighted by molar-refractivity contribution is 0.0697. The van der Waals surface area contributed by atoms with Crippen molar-refractivity contribution in [3.8, 4) is 0 Å². The average molecular weight is 415 g/mol. The second-order valence-electron chi connectivity index (χ2n) is 7.49. The first kappa shape index (κ1) is 20.0. The van der Waals surface area contributed by atoms with E-state index >= 15 is 0 Å². The molecule has 2 aliphatic rings. The maximum atomic E-state index is 12.9. The first-order chi connectivity index (χ1) is 14.2. The van der Waals surface area contributed by atoms with Crippen LogP contribution in [0, 0.1) is 0 Å². The lowest BCUT2D eigenvalue weighted by Crippen LogP contribution is -2.46. The highest BCUT2D eigenvalue weighted by Gasteiger charge is 2.26. The summed E-state index contributed by atoms with van der Waals surface area (Å²) in [6.45, 7) is 2.10. The van der Waals surface area contributed by atoms with E-state index in [1.165, 1.54) is 12.5 Å². The van der Waals surface area contributed by atoms with Crippen molar-refractivity contribution >= 4 is 23.6 Å². The maximum Gasteiger partial charge on any atom is 0.257 e. The number of rotatable bonds is 6. The predicted octanol–water partition coefficient (Wildman–Crippen LogP) is 3.59. The number of carbonyl (C=O) groups excluding carboxylic acids is 2. The largest absolute Gasteiger partial charge is 0.472 e. The van der Waals surface area contributed by atoms with E-state index in [2.05, 4.69) is 5.32 Å². The number of nitrogens with zero attached hydrogens (tertiary/aromatic N) is 1. The maximum absolute atomic E-state index is 12.9. The van der Waals surface area contributed by atoms with Crippen molar-refractivity contribution < 1.29 is 18.7 Å². The van der Waals surface area contributed by atoms with Gasteiger partial charge in [-0.1, -0.05) is 12.1 Å². The van der Waals surface area contributed by atoms with Gasteiger partial charge in [0.25, 0.3) is 11.8 Å². The summed E-state index contributed by atoms with van der Waals surface area (Å²) in [5.74, 6) is 0.818. The number of nitrogens with one attached hydrogen (secondary N) is 1. The van der Waals surface area contributed by atoms with Gasteiger partial charge in [0.05, 0.1) is 23.5 Å². The zero-order chi connectivity index (χ0) is 20.1. The van der Waals surface area contributed by atoms with E-state index in [-0.39, 0.29) is 24.0 Å². The molecule has 4 rings (SSSR count). The molecule has 1 aromatic heterocycles. The number of amides is 2. The summed E-state index contributed by atoms with van der Waals surface area (Å²) < 4.78 is 10.7. The van der Waals surface area contributed by atoms with E-state index in [0.29, 0.717) is 24.2 Å². The molecule has 29 heavy (non-hydrogen) atoms. The molecule has 2 amide bonds. The van der Waals surface area contributed by atoms with Crippen LogP contribution < -0.4 is 5.32 Å². The van der Waals surface area contributed by atoms with Crippen molar-refractivity contribution in [2.75, 3.05) is 25.4 Å². The van der Waals surface area contributed by atoms with E-state index in [1.54, 1.807) is 17.8 Å². The predicted molar refractivity (Wildman–Crippen MR) is 111 cm³/mol. The van der Waals surface area contributed by atoms with Crippen LogP contribution in [0.15, 0.2) is 52.2 Å². The topological polar surface area (TPSA) is 71.8 Å². The van der Waals surface area contributed by atoms with E-state index in [1.807, 2.05) is 29.2 Å². The molecule has 1 N–H and O–H groups in total. The van der Waals surface area contributed by atoms with Gasteiger partial charge in [0.2, 0.25) is 0 Å². The fourth-order valence-corrected chi connectivity index (χ4v) is 4.92. The number of hydrogen-bond acceptors (Lipinski definition) is 5. The van der Waals surface area contributed by atoms with Crippen LogP contribution in [0.2, 0.25) is 0 Å². The standard InChI is InChI=1S/C22H26N2O4S/c25-21(19-5-1-2-6-20(19)29-15-18-4-3-12-28-18)23-17-7-10-24(11-8-17)22(26)16-9-13-27-14-16/h1-2,5-6,9,13-14,17-18H,3-4,7-8,10-12,15H2,(H,23,25). The quantitative estimate of drug-likeness (QED) is 0.732. The smallest absolute Gasteiger partial charge is 0.257 e. The zero-order valence-electron chi connectivity index (χ0n) is 16.3. The number of furan rings is 1. The molecule has 7 heteroatoms. The highest BCUT2D eigenvalue weighted by atomic mass is 32.2. The van der Waals surface area contributed by atoms with E-state index in [9.17, 15) is 9.59 Å². The van der Waals surface area contributed by atoms with Crippen LogP contribution >= 0.6 is 11.8 Å². The molecule has 0 aliphatic carbocycles. The molecule has 0 bridgehead atoms. The fraction of sp³-hybridized carbons (Fsp3) is 0.455. The summed E-state index contributed by atoms with van der Waals surface area (Å²) in [4.78, 5) is 28.1. The van der Waals surface area contributed by atoms with Gasteiger partial charge < -0.3 is 19.4 Å². The van der Waals surface area contributed by atoms with Crippen molar-refractivity contribution in [1.29, 1.82) is 0 Å². The summed E-state index contributed by atoms with van der Waals surface area (Å²) in [7, 11) is 0. The average Bonchev–Trinajstić information content (AvgIpc) is 3.47. The minimum absolute atomic E-state index is 0.0144. The van der Waals surface area contributed by atoms with Crippen LogP contribution in [0.1, 0.15) is 46.4 Å². The summed E-state index contributed by atoms with van der Waals surface area (Å²) in [6.07, 6.45) is 6.98. The number of thioether (sulfide) groups is 1. The van der Waals surface area contributed by atoms with Gasteiger partial charge in [-0.15, -0.1) is 11.8 Å². The Balaban J connectivity index is 1.30. The molecule has 154 valence electrons. The molecule has 2 aromatic rings. The van der Waals surface area contributed by atoms with Crippen LogP contribution in [0.25, 0.3) is 0 Å². The first-order valence-corrected chi connectivity index (χ1v) is 11.1. The fourth-order valence-electron chi connectivity index (χ4n) is 3.80. The molecule has 0 saturated carbocycles. The second-order valence-corrected chi connectivity index (χ2v) is 8.56. The Hall–Kier alpha value is -2.25. The zero-order valence-corrected chi connectivity index (χ0v) is 17.2. The Bertz CT molecular complexity index is 825. The van der Waals surface area contributed by atoms with Crippen molar-refractivity contribution in [2.24, 2.45) is 0 Å². The van der Waals surface area contributed by atoms with Gasteiger partial charge in [-0.05, 0) is 43.9 Å². The Kier molecular flexibility index (Phi) is 6.56. The number of piperidine rings is 1. The second kappa shape index (κ2) is 9.50. The lowest BCUT2D eigenvalue weighted by atomic mass is 10.0. The molecule has 2 fully saturated rings. The first-order valence-electron chi connectivity index (χ1n) is 10.2. The molecule has 2 saturated heterocycles. The number of ether oxygens (including phenoxy) is 1. The molecule has 1 aromatic carbocycles. The van der Waals surface area contributed by atoms with Crippen LogP contribution in [-0.4, -0.2) is 54.3 Å². The van der Waals surface area contributed by atoms with Gasteiger partial charge in [-0.2, -0.15) is 0 Å². The molecule has 2 aliphatic heterocycles. The summed E-state index contributed by atoms with van der Waals surface area (Å²) in [5.41, 5.74) is 1.29. The highest BCUT2D eigenvalue weighted by Crippen LogP contribution is 2.27. The summed E-state index contributed by atoms with van der Waals surface area (Å²) in [5, 5.41) is 3.16. The Labute approximate surface area is 175 Å². The number of likely N-dealkylation sites (tertiary alicyclic amines) is 1. The molecule has 3 heterocycles. The third kappa shape index (κ3) is 5.03. The monoisotopic (exact) mass is 414 g/mol. The molecule has 6 nitrogen and oxygen atoms in total. The minimum Gasteiger partial charge on any atom is -0.472 e. The Morgan fingerprint density at radius 2 is 1.97 bits per heavy atom. The van der Waals surface area contributed by atoms with E-state index in [4.69, 9.17) is 9.15 Å². The Morgan fingerprint density at radius 1 is 1.14 bits per heavy atom. The van der Waals surface area contributed by atoms with Crippen LogP contribution in [-0.2, 0) is 4.74 Å². The van der Waals surface area contributed by atoms with Gasteiger partial charge in [0.1, 0.15) is 6.26 Å². The van der Waals surface area contributed by atoms with Gasteiger partial charge >= 0.3 is 0 Å². The van der Waals surface area contributed by atoms with E-state index < -0.39 is 0 Å². The van der Waals surface area contributed by atoms with E-state index in [0.717, 1.165) is 42.9 Å². The molecule has 0 spiro atoms. The van der Waals surface area contributed by atoms with Crippen LogP contribution in [0.3, 0.4) is 0 Å². The SMILES string of the molecule is O=C(NC1CCN(C(=O)c2ccoc2)CC1)c1ccccc1SCC1CCCO1. The normalized spacial score (nSPS) is 20.0. The molecule has 0 radical (unpaired) electrons. The van der Waals surface area contributed by atoms with Crippen LogP contribution in [0.5, 0.6) is 0 Å². The number of carbonyl (C=O) groups is 2. The highest BCUT2D eigenvalue weighted by molar-refractivity contribution is 7.99. The van der Waals surface area contributed by atoms with Crippen molar-refractivity contribution in [3.63, 3.8) is 0 Å². The number of benzene rings is 1. The molecular formula is C22H26N2O4S. The summed E-state index contributed by atoms with van der Waals surface area (Å²) >= 11 is 1.69.